The summed E-state index contributed by atoms with van der Waals surface area (Å²) in [5.74, 6) is 0.180. The van der Waals surface area contributed by atoms with E-state index >= 15 is 0 Å². The van der Waals surface area contributed by atoms with Crippen molar-refractivity contribution >= 4 is 21.4 Å². The summed E-state index contributed by atoms with van der Waals surface area (Å²) in [5, 5.41) is 7.14. The average Bonchev–Trinajstić information content (AvgIpc) is 2.65. The van der Waals surface area contributed by atoms with Crippen molar-refractivity contribution in [1.82, 2.24) is 14.9 Å². The lowest BCUT2D eigenvalue weighted by Crippen LogP contribution is -2.20. The fourth-order valence-electron chi connectivity index (χ4n) is 1.46. The molecule has 0 fully saturated rings. The van der Waals surface area contributed by atoms with Crippen LogP contribution in [0.5, 0.6) is 0 Å². The highest BCUT2D eigenvalue weighted by Gasteiger charge is 2.18. The van der Waals surface area contributed by atoms with E-state index in [1.165, 1.54) is 17.8 Å². The van der Waals surface area contributed by atoms with Gasteiger partial charge in [-0.05, 0) is 31.4 Å². The lowest BCUT2D eigenvalue weighted by molar-refractivity contribution is 0.561. The molecule has 0 radical (unpaired) electrons. The lowest BCUT2D eigenvalue weighted by Gasteiger charge is -2.14. The van der Waals surface area contributed by atoms with Crippen LogP contribution < -0.4 is 5.32 Å². The van der Waals surface area contributed by atoms with Gasteiger partial charge in [-0.1, -0.05) is 11.4 Å². The minimum Gasteiger partial charge on any atom is -0.312 e. The van der Waals surface area contributed by atoms with Crippen molar-refractivity contribution in [2.45, 2.75) is 25.8 Å². The van der Waals surface area contributed by atoms with Gasteiger partial charge in [-0.2, -0.15) is 0 Å². The Balaban J connectivity index is 2.75. The van der Waals surface area contributed by atoms with E-state index in [1.807, 2.05) is 14.0 Å². The monoisotopic (exact) mass is 263 g/mol. The SMILES string of the molecule is CCc1nnsc1C(CCS(C)(=O)=O)NC. The second-order valence-corrected chi connectivity index (χ2v) is 6.74. The summed E-state index contributed by atoms with van der Waals surface area (Å²) in [4.78, 5) is 1.05. The Bertz CT molecular complexity index is 428. The van der Waals surface area contributed by atoms with Crippen LogP contribution in [-0.2, 0) is 16.3 Å². The van der Waals surface area contributed by atoms with E-state index in [4.69, 9.17) is 0 Å². The maximum absolute atomic E-state index is 11.1. The van der Waals surface area contributed by atoms with Gasteiger partial charge in [-0.25, -0.2) is 8.42 Å². The van der Waals surface area contributed by atoms with Crippen molar-refractivity contribution in [3.05, 3.63) is 10.6 Å². The van der Waals surface area contributed by atoms with Gasteiger partial charge in [-0.15, -0.1) is 5.10 Å². The molecule has 0 amide bonds. The van der Waals surface area contributed by atoms with Crippen molar-refractivity contribution in [2.24, 2.45) is 0 Å². The molecule has 0 aliphatic heterocycles. The zero-order chi connectivity index (χ0) is 12.2. The summed E-state index contributed by atoms with van der Waals surface area (Å²) < 4.78 is 26.1. The summed E-state index contributed by atoms with van der Waals surface area (Å²) in [6.07, 6.45) is 2.64. The predicted octanol–water partition coefficient (Wildman–Crippen LogP) is 0.796. The zero-order valence-corrected chi connectivity index (χ0v) is 11.4. The Morgan fingerprint density at radius 2 is 2.19 bits per heavy atom. The molecule has 0 aromatic carbocycles. The molecule has 1 aromatic heterocycles. The molecule has 0 aliphatic rings. The molecule has 0 aliphatic carbocycles. The van der Waals surface area contributed by atoms with Crippen molar-refractivity contribution in [3.63, 3.8) is 0 Å². The number of aromatic nitrogens is 2. The zero-order valence-electron chi connectivity index (χ0n) is 9.73. The number of hydrogen-bond acceptors (Lipinski definition) is 6. The van der Waals surface area contributed by atoms with E-state index in [0.29, 0.717) is 6.42 Å². The fourth-order valence-corrected chi connectivity index (χ4v) is 3.01. The van der Waals surface area contributed by atoms with E-state index in [9.17, 15) is 8.42 Å². The number of nitrogens with zero attached hydrogens (tertiary/aromatic N) is 2. The predicted molar refractivity (Wildman–Crippen MR) is 65.4 cm³/mol. The van der Waals surface area contributed by atoms with E-state index < -0.39 is 9.84 Å². The summed E-state index contributed by atoms with van der Waals surface area (Å²) in [5.41, 5.74) is 0.956. The smallest absolute Gasteiger partial charge is 0.147 e. The quantitative estimate of drug-likeness (QED) is 0.822. The molecule has 1 rings (SSSR count). The summed E-state index contributed by atoms with van der Waals surface area (Å²) in [6.45, 7) is 2.02. The third kappa shape index (κ3) is 3.80. The molecule has 7 heteroatoms. The van der Waals surface area contributed by atoms with Gasteiger partial charge in [0.15, 0.2) is 0 Å². The van der Waals surface area contributed by atoms with Crippen molar-refractivity contribution < 1.29 is 8.42 Å². The van der Waals surface area contributed by atoms with Gasteiger partial charge in [0.1, 0.15) is 9.84 Å². The van der Waals surface area contributed by atoms with Crippen LogP contribution in [0.2, 0.25) is 0 Å². The molecule has 0 bridgehead atoms. The van der Waals surface area contributed by atoms with Crippen LogP contribution in [0.15, 0.2) is 0 Å². The molecule has 1 atom stereocenters. The van der Waals surface area contributed by atoms with Gasteiger partial charge in [0.05, 0.1) is 16.3 Å². The molecule has 0 spiro atoms. The Kier molecular flexibility index (Phi) is 4.82. The Hall–Kier alpha value is -0.530. The maximum atomic E-state index is 11.1. The molecule has 1 unspecified atom stereocenters. The highest BCUT2D eigenvalue weighted by atomic mass is 32.2. The van der Waals surface area contributed by atoms with E-state index in [2.05, 4.69) is 14.9 Å². The molecule has 1 aromatic rings. The van der Waals surface area contributed by atoms with Crippen molar-refractivity contribution in [3.8, 4) is 0 Å². The first kappa shape index (κ1) is 13.5. The standard InChI is InChI=1S/C9H17N3O2S2/c1-4-7-9(15-12-11-7)8(10-2)5-6-16(3,13)14/h8,10H,4-6H2,1-3H3. The van der Waals surface area contributed by atoms with Crippen LogP contribution in [0, 0.1) is 0 Å². The van der Waals surface area contributed by atoms with E-state index in [0.717, 1.165) is 17.0 Å². The van der Waals surface area contributed by atoms with Gasteiger partial charge in [0.2, 0.25) is 0 Å². The maximum Gasteiger partial charge on any atom is 0.147 e. The topological polar surface area (TPSA) is 72.0 Å². The van der Waals surface area contributed by atoms with Crippen LogP contribution in [0.3, 0.4) is 0 Å². The molecular weight excluding hydrogens is 246 g/mol. The Labute approximate surface area is 100 Å². The molecule has 1 N–H and O–H groups in total. The first-order valence-electron chi connectivity index (χ1n) is 5.14. The summed E-state index contributed by atoms with van der Waals surface area (Å²) in [7, 11) is -1.09. The van der Waals surface area contributed by atoms with E-state index in [-0.39, 0.29) is 11.8 Å². The van der Waals surface area contributed by atoms with Crippen molar-refractivity contribution in [2.75, 3.05) is 19.1 Å². The van der Waals surface area contributed by atoms with Gasteiger partial charge in [-0.3, -0.25) is 0 Å². The van der Waals surface area contributed by atoms with Gasteiger partial charge in [0.25, 0.3) is 0 Å². The highest BCUT2D eigenvalue weighted by molar-refractivity contribution is 7.90. The molecule has 0 saturated heterocycles. The molecule has 1 heterocycles. The van der Waals surface area contributed by atoms with E-state index in [1.54, 1.807) is 0 Å². The molecule has 92 valence electrons. The number of hydrogen-bond donors (Lipinski definition) is 1. The van der Waals surface area contributed by atoms with Crippen LogP contribution in [0.4, 0.5) is 0 Å². The minimum absolute atomic E-state index is 0.0321. The minimum atomic E-state index is -2.92. The normalized spacial score (nSPS) is 13.9. The number of nitrogens with one attached hydrogen (secondary N) is 1. The molecular formula is C9H17N3O2S2. The third-order valence-electron chi connectivity index (χ3n) is 2.36. The first-order chi connectivity index (χ1) is 7.48. The second kappa shape index (κ2) is 5.70. The Morgan fingerprint density at radius 3 is 2.69 bits per heavy atom. The molecule has 5 nitrogen and oxygen atoms in total. The van der Waals surface area contributed by atoms with Crippen LogP contribution in [0.1, 0.15) is 30.0 Å². The highest BCUT2D eigenvalue weighted by Crippen LogP contribution is 2.23. The van der Waals surface area contributed by atoms with Gasteiger partial charge < -0.3 is 5.32 Å². The number of aryl methyl sites for hydroxylation is 1. The van der Waals surface area contributed by atoms with Gasteiger partial charge >= 0.3 is 0 Å². The molecule has 16 heavy (non-hydrogen) atoms. The van der Waals surface area contributed by atoms with Crippen LogP contribution in [0.25, 0.3) is 0 Å². The summed E-state index contributed by atoms with van der Waals surface area (Å²) in [6, 6.07) is 0.0321. The second-order valence-electron chi connectivity index (χ2n) is 3.70. The Morgan fingerprint density at radius 1 is 1.50 bits per heavy atom. The first-order valence-corrected chi connectivity index (χ1v) is 7.97. The fraction of sp³-hybridized carbons (Fsp3) is 0.778. The molecule has 0 saturated carbocycles. The average molecular weight is 263 g/mol. The van der Waals surface area contributed by atoms with Crippen molar-refractivity contribution in [1.29, 1.82) is 0 Å². The largest absolute Gasteiger partial charge is 0.312 e. The third-order valence-corrected chi connectivity index (χ3v) is 4.22. The number of rotatable bonds is 6. The van der Waals surface area contributed by atoms with Crippen LogP contribution >= 0.6 is 11.5 Å². The van der Waals surface area contributed by atoms with Gasteiger partial charge in [0, 0.05) is 12.3 Å². The summed E-state index contributed by atoms with van der Waals surface area (Å²) >= 11 is 1.34. The lowest BCUT2D eigenvalue weighted by atomic mass is 10.1. The van der Waals surface area contributed by atoms with Crippen LogP contribution in [-0.4, -0.2) is 37.1 Å². The number of sulfone groups is 1.